The molecule has 0 spiro atoms. The molecule has 0 radical (unpaired) electrons. The van der Waals surface area contributed by atoms with Crippen molar-refractivity contribution in [3.8, 4) is 5.75 Å². The number of carbonyl (C=O) groups excluding carboxylic acids is 2. The summed E-state index contributed by atoms with van der Waals surface area (Å²) in [6.45, 7) is 1.75. The Bertz CT molecular complexity index is 431. The average Bonchev–Trinajstić information content (AvgIpc) is 2.39. The molecular formula is C13H17NO4. The molecule has 0 saturated heterocycles. The lowest BCUT2D eigenvalue weighted by molar-refractivity contribution is -0.148. The number of hydrogen-bond donors (Lipinski definition) is 1. The van der Waals surface area contributed by atoms with Gasteiger partial charge >= 0.3 is 5.97 Å². The number of carbonyl (C=O) groups is 2. The Labute approximate surface area is 106 Å². The maximum absolute atomic E-state index is 11.9. The van der Waals surface area contributed by atoms with Crippen LogP contribution in [0.4, 0.5) is 5.69 Å². The summed E-state index contributed by atoms with van der Waals surface area (Å²) in [4.78, 5) is 23.4. The first-order chi connectivity index (χ1) is 8.63. The summed E-state index contributed by atoms with van der Waals surface area (Å²) in [5.74, 6) is -1.19. The van der Waals surface area contributed by atoms with Crippen LogP contribution in [0, 0.1) is 5.92 Å². The van der Waals surface area contributed by atoms with E-state index in [0.29, 0.717) is 17.9 Å². The Morgan fingerprint density at radius 3 is 2.50 bits per heavy atom. The molecule has 0 aliphatic rings. The number of para-hydroxylation sites is 2. The molecule has 0 aliphatic carbocycles. The highest BCUT2D eigenvalue weighted by Crippen LogP contribution is 2.24. The van der Waals surface area contributed by atoms with E-state index >= 15 is 0 Å². The van der Waals surface area contributed by atoms with Crippen molar-refractivity contribution < 1.29 is 19.1 Å². The first kappa shape index (κ1) is 14.0. The van der Waals surface area contributed by atoms with Crippen LogP contribution in [0.15, 0.2) is 24.3 Å². The summed E-state index contributed by atoms with van der Waals surface area (Å²) in [7, 11) is 2.78. The second kappa shape index (κ2) is 6.64. The Kier molecular flexibility index (Phi) is 5.17. The molecule has 1 rings (SSSR count). The van der Waals surface area contributed by atoms with E-state index < -0.39 is 17.8 Å². The van der Waals surface area contributed by atoms with Gasteiger partial charge in [-0.25, -0.2) is 0 Å². The Balaban J connectivity index is 2.83. The second-order valence-electron chi connectivity index (χ2n) is 3.67. The highest BCUT2D eigenvalue weighted by molar-refractivity contribution is 6.05. The number of esters is 1. The molecule has 1 amide bonds. The predicted molar refractivity (Wildman–Crippen MR) is 67.4 cm³/mol. The number of methoxy groups -OCH3 is 2. The molecule has 0 heterocycles. The number of ether oxygens (including phenoxy) is 2. The van der Waals surface area contributed by atoms with E-state index in [1.54, 1.807) is 31.2 Å². The third kappa shape index (κ3) is 3.23. The highest BCUT2D eigenvalue weighted by Gasteiger charge is 2.26. The molecule has 1 aromatic rings. The van der Waals surface area contributed by atoms with Crippen molar-refractivity contribution in [3.05, 3.63) is 24.3 Å². The predicted octanol–water partition coefficient (Wildman–Crippen LogP) is 1.83. The van der Waals surface area contributed by atoms with E-state index in [2.05, 4.69) is 10.1 Å². The van der Waals surface area contributed by atoms with Crippen LogP contribution in [0.1, 0.15) is 13.3 Å². The summed E-state index contributed by atoms with van der Waals surface area (Å²) in [6.07, 6.45) is 0.383. The minimum atomic E-state index is -0.806. The first-order valence-corrected chi connectivity index (χ1v) is 5.65. The molecule has 1 unspecified atom stereocenters. The van der Waals surface area contributed by atoms with Crippen LogP contribution in [0.3, 0.4) is 0 Å². The first-order valence-electron chi connectivity index (χ1n) is 5.65. The summed E-state index contributed by atoms with van der Waals surface area (Å²) in [5, 5.41) is 2.66. The van der Waals surface area contributed by atoms with Crippen LogP contribution in [0.25, 0.3) is 0 Å². The fourth-order valence-corrected chi connectivity index (χ4v) is 1.57. The van der Waals surface area contributed by atoms with E-state index in [1.165, 1.54) is 14.2 Å². The zero-order valence-corrected chi connectivity index (χ0v) is 10.7. The SMILES string of the molecule is CCC(C(=O)Nc1ccccc1OC)C(=O)OC. The lowest BCUT2D eigenvalue weighted by Crippen LogP contribution is -2.30. The van der Waals surface area contributed by atoms with Crippen molar-refractivity contribution in [3.63, 3.8) is 0 Å². The van der Waals surface area contributed by atoms with Gasteiger partial charge in [0.1, 0.15) is 11.7 Å². The maximum atomic E-state index is 11.9. The van der Waals surface area contributed by atoms with Crippen LogP contribution >= 0.6 is 0 Å². The number of amides is 1. The van der Waals surface area contributed by atoms with Crippen LogP contribution in [-0.2, 0) is 14.3 Å². The molecule has 1 N–H and O–H groups in total. The Morgan fingerprint density at radius 2 is 1.94 bits per heavy atom. The molecule has 0 fully saturated rings. The van der Waals surface area contributed by atoms with Crippen molar-refractivity contribution >= 4 is 17.6 Å². The number of nitrogens with one attached hydrogen (secondary N) is 1. The Hall–Kier alpha value is -2.04. The molecule has 1 aromatic carbocycles. The highest BCUT2D eigenvalue weighted by atomic mass is 16.5. The topological polar surface area (TPSA) is 64.6 Å². The standard InChI is InChI=1S/C13H17NO4/c1-4-9(13(16)18-3)12(15)14-10-7-5-6-8-11(10)17-2/h5-9H,4H2,1-3H3,(H,14,15). The zero-order valence-electron chi connectivity index (χ0n) is 10.7. The lowest BCUT2D eigenvalue weighted by Gasteiger charge is -2.14. The molecule has 0 bridgehead atoms. The summed E-state index contributed by atoms with van der Waals surface area (Å²) in [5.41, 5.74) is 0.535. The van der Waals surface area contributed by atoms with Crippen molar-refractivity contribution in [1.29, 1.82) is 0 Å². The third-order valence-corrected chi connectivity index (χ3v) is 2.58. The van der Waals surface area contributed by atoms with E-state index in [4.69, 9.17) is 4.74 Å². The minimum Gasteiger partial charge on any atom is -0.495 e. The average molecular weight is 251 g/mol. The van der Waals surface area contributed by atoms with Gasteiger partial charge in [-0.15, -0.1) is 0 Å². The number of benzene rings is 1. The van der Waals surface area contributed by atoms with Gasteiger partial charge in [0.05, 0.1) is 19.9 Å². The van der Waals surface area contributed by atoms with Crippen molar-refractivity contribution in [2.75, 3.05) is 19.5 Å². The van der Waals surface area contributed by atoms with Gasteiger partial charge in [-0.1, -0.05) is 19.1 Å². The summed E-state index contributed by atoms with van der Waals surface area (Å²) < 4.78 is 9.70. The van der Waals surface area contributed by atoms with Gasteiger partial charge in [-0.3, -0.25) is 9.59 Å². The normalized spacial score (nSPS) is 11.5. The van der Waals surface area contributed by atoms with Gasteiger partial charge in [0, 0.05) is 0 Å². The van der Waals surface area contributed by atoms with Gasteiger partial charge in [0.25, 0.3) is 0 Å². The van der Waals surface area contributed by atoms with Crippen molar-refractivity contribution in [1.82, 2.24) is 0 Å². The maximum Gasteiger partial charge on any atom is 0.318 e. The number of hydrogen-bond acceptors (Lipinski definition) is 4. The third-order valence-electron chi connectivity index (χ3n) is 2.58. The molecule has 18 heavy (non-hydrogen) atoms. The van der Waals surface area contributed by atoms with Crippen LogP contribution in [-0.4, -0.2) is 26.1 Å². The van der Waals surface area contributed by atoms with Crippen molar-refractivity contribution in [2.24, 2.45) is 5.92 Å². The fraction of sp³-hybridized carbons (Fsp3) is 0.385. The van der Waals surface area contributed by atoms with Gasteiger partial charge < -0.3 is 14.8 Å². The van der Waals surface area contributed by atoms with Crippen LogP contribution < -0.4 is 10.1 Å². The van der Waals surface area contributed by atoms with Gasteiger partial charge in [-0.05, 0) is 18.6 Å². The minimum absolute atomic E-state index is 0.383. The molecule has 1 atom stereocenters. The molecule has 0 aliphatic heterocycles. The largest absolute Gasteiger partial charge is 0.495 e. The molecular weight excluding hydrogens is 234 g/mol. The molecule has 5 heteroatoms. The lowest BCUT2D eigenvalue weighted by atomic mass is 10.1. The molecule has 0 saturated carbocycles. The molecule has 0 aromatic heterocycles. The number of rotatable bonds is 5. The van der Waals surface area contributed by atoms with Gasteiger partial charge in [0.2, 0.25) is 5.91 Å². The molecule has 5 nitrogen and oxygen atoms in total. The smallest absolute Gasteiger partial charge is 0.318 e. The second-order valence-corrected chi connectivity index (χ2v) is 3.67. The molecule has 98 valence electrons. The quantitative estimate of drug-likeness (QED) is 0.640. The Morgan fingerprint density at radius 1 is 1.28 bits per heavy atom. The van der Waals surface area contributed by atoms with E-state index in [9.17, 15) is 9.59 Å². The van der Waals surface area contributed by atoms with Crippen LogP contribution in [0.5, 0.6) is 5.75 Å². The van der Waals surface area contributed by atoms with Crippen LogP contribution in [0.2, 0.25) is 0 Å². The fourth-order valence-electron chi connectivity index (χ4n) is 1.57. The number of anilines is 1. The van der Waals surface area contributed by atoms with E-state index in [0.717, 1.165) is 0 Å². The van der Waals surface area contributed by atoms with Gasteiger partial charge in [0.15, 0.2) is 0 Å². The monoisotopic (exact) mass is 251 g/mol. The van der Waals surface area contributed by atoms with Crippen molar-refractivity contribution in [2.45, 2.75) is 13.3 Å². The summed E-state index contributed by atoms with van der Waals surface area (Å²) in [6, 6.07) is 7.01. The van der Waals surface area contributed by atoms with E-state index in [-0.39, 0.29) is 0 Å². The van der Waals surface area contributed by atoms with Gasteiger partial charge in [-0.2, -0.15) is 0 Å². The van der Waals surface area contributed by atoms with E-state index in [1.807, 2.05) is 0 Å². The zero-order chi connectivity index (χ0) is 13.5. The summed E-state index contributed by atoms with van der Waals surface area (Å²) >= 11 is 0.